The van der Waals surface area contributed by atoms with Crippen molar-refractivity contribution in [2.75, 3.05) is 24.0 Å². The van der Waals surface area contributed by atoms with Gasteiger partial charge in [-0.05, 0) is 49.1 Å². The summed E-state index contributed by atoms with van der Waals surface area (Å²) in [5, 5.41) is 0. The van der Waals surface area contributed by atoms with Crippen LogP contribution in [0.25, 0.3) is 0 Å². The molecule has 4 N–H and O–H groups in total. The zero-order valence-corrected chi connectivity index (χ0v) is 13.4. The van der Waals surface area contributed by atoms with E-state index in [-0.39, 0.29) is 4.90 Å². The number of thioether (sulfide) groups is 1. The first-order chi connectivity index (χ1) is 9.60. The molecule has 1 aromatic carbocycles. The smallest absolute Gasteiger partial charge is 0.240 e. The molecular formula is C13H23N3O2S2. The summed E-state index contributed by atoms with van der Waals surface area (Å²) in [5.41, 5.74) is 3.14. The highest BCUT2D eigenvalue weighted by Crippen LogP contribution is 2.13. The summed E-state index contributed by atoms with van der Waals surface area (Å²) in [4.78, 5) is 0.263. The Labute approximate surface area is 125 Å². The molecule has 1 rings (SSSR count). The molecular weight excluding hydrogens is 294 g/mol. The molecule has 0 saturated carbocycles. The summed E-state index contributed by atoms with van der Waals surface area (Å²) in [6.45, 7) is 0.485. The number of nitrogen functional groups attached to an aromatic ring is 1. The van der Waals surface area contributed by atoms with Gasteiger partial charge in [0.2, 0.25) is 10.0 Å². The zero-order chi connectivity index (χ0) is 14.8. The van der Waals surface area contributed by atoms with Crippen molar-refractivity contribution in [1.29, 1.82) is 0 Å². The Bertz CT molecular complexity index is 475. The van der Waals surface area contributed by atoms with E-state index in [0.717, 1.165) is 19.3 Å². The number of hydrogen-bond acceptors (Lipinski definition) is 5. The Morgan fingerprint density at radius 3 is 2.35 bits per heavy atom. The molecule has 0 aromatic heterocycles. The van der Waals surface area contributed by atoms with E-state index in [2.05, 4.69) is 16.4 Å². The number of rotatable bonds is 10. The van der Waals surface area contributed by atoms with Gasteiger partial charge in [0.15, 0.2) is 0 Å². The molecule has 0 radical (unpaired) electrons. The summed E-state index contributed by atoms with van der Waals surface area (Å²) < 4.78 is 26.6. The van der Waals surface area contributed by atoms with Crippen molar-refractivity contribution in [3.8, 4) is 0 Å². The number of anilines is 1. The van der Waals surface area contributed by atoms with Gasteiger partial charge in [0.1, 0.15) is 0 Å². The van der Waals surface area contributed by atoms with Crippen LogP contribution in [0.3, 0.4) is 0 Å². The monoisotopic (exact) mass is 317 g/mol. The molecule has 114 valence electrons. The molecule has 0 amide bonds. The predicted octanol–water partition coefficient (Wildman–Crippen LogP) is 2.17. The fourth-order valence-corrected chi connectivity index (χ4v) is 3.31. The lowest BCUT2D eigenvalue weighted by Gasteiger charge is -2.07. The third-order valence-electron chi connectivity index (χ3n) is 2.90. The van der Waals surface area contributed by atoms with Gasteiger partial charge in [-0.3, -0.25) is 5.84 Å². The maximum absolute atomic E-state index is 12.0. The minimum atomic E-state index is -3.41. The van der Waals surface area contributed by atoms with E-state index in [9.17, 15) is 8.42 Å². The first kappa shape index (κ1) is 17.3. The third-order valence-corrected chi connectivity index (χ3v) is 5.07. The standard InChI is InChI=1S/C13H23N3O2S2/c1-19-11-5-3-2-4-10-15-20(17,18)13-8-6-12(16-14)7-9-13/h6-9,15-16H,2-5,10-11,14H2,1H3. The highest BCUT2D eigenvalue weighted by atomic mass is 32.2. The minimum absolute atomic E-state index is 0.263. The largest absolute Gasteiger partial charge is 0.324 e. The minimum Gasteiger partial charge on any atom is -0.324 e. The second-order valence-electron chi connectivity index (χ2n) is 4.47. The van der Waals surface area contributed by atoms with Crippen molar-refractivity contribution in [1.82, 2.24) is 4.72 Å². The Morgan fingerprint density at radius 1 is 1.10 bits per heavy atom. The molecule has 20 heavy (non-hydrogen) atoms. The van der Waals surface area contributed by atoms with Crippen LogP contribution in [0.2, 0.25) is 0 Å². The van der Waals surface area contributed by atoms with Crippen molar-refractivity contribution in [3.63, 3.8) is 0 Å². The number of sulfonamides is 1. The van der Waals surface area contributed by atoms with Gasteiger partial charge in [-0.15, -0.1) is 0 Å². The van der Waals surface area contributed by atoms with Crippen LogP contribution in [0.4, 0.5) is 5.69 Å². The second kappa shape index (κ2) is 9.23. The molecule has 1 aromatic rings. The van der Waals surface area contributed by atoms with Crippen LogP contribution < -0.4 is 16.0 Å². The van der Waals surface area contributed by atoms with Crippen molar-refractivity contribution in [3.05, 3.63) is 24.3 Å². The summed E-state index contributed by atoms with van der Waals surface area (Å²) in [5.74, 6) is 6.41. The van der Waals surface area contributed by atoms with Crippen LogP contribution in [-0.4, -0.2) is 27.0 Å². The Hall–Kier alpha value is -0.760. The van der Waals surface area contributed by atoms with Crippen molar-refractivity contribution >= 4 is 27.5 Å². The fraction of sp³-hybridized carbons (Fsp3) is 0.538. The first-order valence-corrected chi connectivity index (χ1v) is 9.53. The Morgan fingerprint density at radius 2 is 1.75 bits per heavy atom. The number of nitrogens with two attached hydrogens (primary N) is 1. The maximum atomic E-state index is 12.0. The molecule has 0 atom stereocenters. The molecule has 0 unspecified atom stereocenters. The average Bonchev–Trinajstić information content (AvgIpc) is 2.46. The summed E-state index contributed by atoms with van der Waals surface area (Å²) in [6.07, 6.45) is 6.37. The number of hydrogen-bond donors (Lipinski definition) is 3. The van der Waals surface area contributed by atoms with E-state index < -0.39 is 10.0 Å². The van der Waals surface area contributed by atoms with Crippen molar-refractivity contribution < 1.29 is 8.42 Å². The van der Waals surface area contributed by atoms with Gasteiger partial charge in [-0.25, -0.2) is 13.1 Å². The van der Waals surface area contributed by atoms with Gasteiger partial charge in [-0.2, -0.15) is 11.8 Å². The molecule has 0 saturated heterocycles. The molecule has 0 heterocycles. The number of benzene rings is 1. The first-order valence-electron chi connectivity index (χ1n) is 6.65. The summed E-state index contributed by atoms with van der Waals surface area (Å²) in [6, 6.07) is 6.35. The number of unbranched alkanes of at least 4 members (excludes halogenated alkanes) is 3. The van der Waals surface area contributed by atoms with Crippen LogP contribution >= 0.6 is 11.8 Å². The maximum Gasteiger partial charge on any atom is 0.240 e. The Kier molecular flexibility index (Phi) is 7.98. The Balaban J connectivity index is 2.33. The van der Waals surface area contributed by atoms with Gasteiger partial charge in [0.05, 0.1) is 4.90 Å². The normalized spacial score (nSPS) is 11.5. The zero-order valence-electron chi connectivity index (χ0n) is 11.8. The summed E-state index contributed by atoms with van der Waals surface area (Å²) >= 11 is 1.84. The van der Waals surface area contributed by atoms with E-state index in [1.807, 2.05) is 11.8 Å². The van der Waals surface area contributed by atoms with Crippen LogP contribution in [0.15, 0.2) is 29.2 Å². The van der Waals surface area contributed by atoms with Gasteiger partial charge in [-0.1, -0.05) is 12.8 Å². The average molecular weight is 317 g/mol. The SMILES string of the molecule is CSCCCCCCNS(=O)(=O)c1ccc(NN)cc1. The van der Waals surface area contributed by atoms with Crippen LogP contribution in [0.1, 0.15) is 25.7 Å². The molecule has 0 aliphatic carbocycles. The molecule has 0 spiro atoms. The van der Waals surface area contributed by atoms with E-state index in [4.69, 9.17) is 5.84 Å². The quantitative estimate of drug-likeness (QED) is 0.350. The van der Waals surface area contributed by atoms with Crippen LogP contribution in [0.5, 0.6) is 0 Å². The molecule has 7 heteroatoms. The summed E-state index contributed by atoms with van der Waals surface area (Å²) in [7, 11) is -3.41. The third kappa shape index (κ3) is 6.13. The van der Waals surface area contributed by atoms with E-state index in [0.29, 0.717) is 12.2 Å². The van der Waals surface area contributed by atoms with Gasteiger partial charge in [0.25, 0.3) is 0 Å². The van der Waals surface area contributed by atoms with E-state index >= 15 is 0 Å². The lowest BCUT2D eigenvalue weighted by Crippen LogP contribution is -2.24. The lowest BCUT2D eigenvalue weighted by molar-refractivity contribution is 0.574. The number of nitrogens with one attached hydrogen (secondary N) is 2. The van der Waals surface area contributed by atoms with Gasteiger partial charge < -0.3 is 5.43 Å². The molecule has 0 aliphatic heterocycles. The van der Waals surface area contributed by atoms with E-state index in [1.54, 1.807) is 12.1 Å². The molecule has 0 aliphatic rings. The fourth-order valence-electron chi connectivity index (χ4n) is 1.75. The highest BCUT2D eigenvalue weighted by Gasteiger charge is 2.12. The highest BCUT2D eigenvalue weighted by molar-refractivity contribution is 7.98. The lowest BCUT2D eigenvalue weighted by atomic mass is 10.2. The van der Waals surface area contributed by atoms with Crippen molar-refractivity contribution in [2.45, 2.75) is 30.6 Å². The van der Waals surface area contributed by atoms with Gasteiger partial charge in [0, 0.05) is 12.2 Å². The number of hydrazine groups is 1. The van der Waals surface area contributed by atoms with Crippen molar-refractivity contribution in [2.24, 2.45) is 5.84 Å². The van der Waals surface area contributed by atoms with Crippen LogP contribution in [-0.2, 0) is 10.0 Å². The topological polar surface area (TPSA) is 84.2 Å². The molecule has 0 bridgehead atoms. The van der Waals surface area contributed by atoms with Gasteiger partial charge >= 0.3 is 0 Å². The second-order valence-corrected chi connectivity index (χ2v) is 7.23. The molecule has 5 nitrogen and oxygen atoms in total. The van der Waals surface area contributed by atoms with E-state index in [1.165, 1.54) is 24.3 Å². The van der Waals surface area contributed by atoms with Crippen LogP contribution in [0, 0.1) is 0 Å². The predicted molar refractivity (Wildman–Crippen MR) is 86.3 cm³/mol. The molecule has 0 fully saturated rings.